The van der Waals surface area contributed by atoms with Crippen LogP contribution in [0.1, 0.15) is 18.1 Å². The average Bonchev–Trinajstić information content (AvgIpc) is 2.71. The van der Waals surface area contributed by atoms with Gasteiger partial charge in [-0.1, -0.05) is 55.7 Å². The number of nitrogen functional groups attached to an aromatic ring is 1. The third-order valence-corrected chi connectivity index (χ3v) is 4.25. The Balaban J connectivity index is 2.48. The summed E-state index contributed by atoms with van der Waals surface area (Å²) in [5.41, 5.74) is 12.7. The van der Waals surface area contributed by atoms with Crippen molar-refractivity contribution in [1.82, 2.24) is 9.88 Å². The second-order valence-corrected chi connectivity index (χ2v) is 6.68. The van der Waals surface area contributed by atoms with Crippen molar-refractivity contribution in [3.63, 3.8) is 0 Å². The molecule has 0 radical (unpaired) electrons. The van der Waals surface area contributed by atoms with Gasteiger partial charge in [0, 0.05) is 43.2 Å². The van der Waals surface area contributed by atoms with E-state index in [1.165, 1.54) is 0 Å². The Morgan fingerprint density at radius 2 is 1.93 bits per heavy atom. The molecule has 2 aromatic rings. The Morgan fingerprint density at radius 3 is 2.52 bits per heavy atom. The number of aromatic nitrogens is 1. The fourth-order valence-electron chi connectivity index (χ4n) is 2.84. The van der Waals surface area contributed by atoms with Crippen molar-refractivity contribution in [2.45, 2.75) is 6.92 Å². The molecular formula is C25H28N4. The molecule has 0 saturated heterocycles. The Morgan fingerprint density at radius 1 is 1.17 bits per heavy atom. The topological polar surface area (TPSA) is 54.5 Å². The molecule has 4 nitrogen and oxygen atoms in total. The molecule has 0 bridgehead atoms. The lowest BCUT2D eigenvalue weighted by Gasteiger charge is -2.12. The van der Waals surface area contributed by atoms with E-state index in [4.69, 9.17) is 5.73 Å². The summed E-state index contributed by atoms with van der Waals surface area (Å²) in [7, 11) is 3.65. The Kier molecular flexibility index (Phi) is 7.49. The molecule has 2 N–H and O–H groups in total. The zero-order chi connectivity index (χ0) is 21.4. The van der Waals surface area contributed by atoms with Crippen LogP contribution < -0.4 is 5.73 Å². The molecular weight excluding hydrogens is 356 g/mol. The first kappa shape index (κ1) is 21.6. The molecule has 29 heavy (non-hydrogen) atoms. The molecule has 4 heteroatoms. The molecule has 1 aromatic carbocycles. The molecule has 148 valence electrons. The van der Waals surface area contributed by atoms with Gasteiger partial charge in [0.2, 0.25) is 0 Å². The monoisotopic (exact) mass is 384 g/mol. The summed E-state index contributed by atoms with van der Waals surface area (Å²) in [6.45, 7) is 13.6. The molecule has 0 fully saturated rings. The normalized spacial score (nSPS) is 12.1. The van der Waals surface area contributed by atoms with E-state index in [9.17, 15) is 0 Å². The van der Waals surface area contributed by atoms with Crippen LogP contribution in [-0.2, 0) is 0 Å². The maximum atomic E-state index is 6.28. The van der Waals surface area contributed by atoms with Gasteiger partial charge < -0.3 is 10.6 Å². The predicted octanol–water partition coefficient (Wildman–Crippen LogP) is 5.59. The number of nitrogens with two attached hydrogens (primary N) is 1. The molecule has 0 atom stereocenters. The van der Waals surface area contributed by atoms with Crippen LogP contribution in [0.5, 0.6) is 0 Å². The minimum atomic E-state index is 0.450. The van der Waals surface area contributed by atoms with Crippen LogP contribution in [0.3, 0.4) is 0 Å². The van der Waals surface area contributed by atoms with Crippen LogP contribution in [0.15, 0.2) is 91.3 Å². The van der Waals surface area contributed by atoms with E-state index in [1.807, 2.05) is 67.6 Å². The minimum absolute atomic E-state index is 0.450. The molecule has 0 unspecified atom stereocenters. The second-order valence-electron chi connectivity index (χ2n) is 6.68. The van der Waals surface area contributed by atoms with Crippen molar-refractivity contribution in [1.29, 1.82) is 0 Å². The number of hydrogen-bond donors (Lipinski definition) is 1. The smallest absolute Gasteiger partial charge is 0.132 e. The zero-order valence-electron chi connectivity index (χ0n) is 17.4. The van der Waals surface area contributed by atoms with Gasteiger partial charge in [-0.05, 0) is 42.5 Å². The molecule has 2 rings (SSSR count). The molecule has 1 aromatic heterocycles. The van der Waals surface area contributed by atoms with Gasteiger partial charge in [0.05, 0.1) is 5.69 Å². The zero-order valence-corrected chi connectivity index (χ0v) is 17.4. The van der Waals surface area contributed by atoms with Gasteiger partial charge >= 0.3 is 0 Å². The highest BCUT2D eigenvalue weighted by molar-refractivity contribution is 6.12. The maximum Gasteiger partial charge on any atom is 0.132 e. The summed E-state index contributed by atoms with van der Waals surface area (Å²) in [6.07, 6.45) is 9.24. The Bertz CT molecular complexity index is 1010. The summed E-state index contributed by atoms with van der Waals surface area (Å²) in [4.78, 5) is 10.6. The third-order valence-electron chi connectivity index (χ3n) is 4.25. The van der Waals surface area contributed by atoms with Crippen LogP contribution in [-0.4, -0.2) is 30.2 Å². The van der Waals surface area contributed by atoms with E-state index in [1.54, 1.807) is 19.5 Å². The Hall–Kier alpha value is -3.66. The lowest BCUT2D eigenvalue weighted by atomic mass is 10.0. The molecule has 0 saturated carbocycles. The highest BCUT2D eigenvalue weighted by Gasteiger charge is 2.09. The van der Waals surface area contributed by atoms with Gasteiger partial charge in [0.1, 0.15) is 5.82 Å². The molecule has 0 aliphatic rings. The van der Waals surface area contributed by atoms with E-state index in [-0.39, 0.29) is 0 Å². The van der Waals surface area contributed by atoms with Crippen LogP contribution in [0.25, 0.3) is 22.4 Å². The number of anilines is 1. The lowest BCUT2D eigenvalue weighted by Crippen LogP contribution is -2.01. The van der Waals surface area contributed by atoms with Crippen LogP contribution in [0.2, 0.25) is 0 Å². The van der Waals surface area contributed by atoms with Crippen LogP contribution in [0, 0.1) is 0 Å². The predicted molar refractivity (Wildman–Crippen MR) is 127 cm³/mol. The quantitative estimate of drug-likeness (QED) is 0.476. The number of pyridine rings is 1. The van der Waals surface area contributed by atoms with E-state index >= 15 is 0 Å². The number of nitrogens with zero attached hydrogens (tertiary/aromatic N) is 3. The fourth-order valence-corrected chi connectivity index (χ4v) is 2.84. The largest absolute Gasteiger partial charge is 0.383 e. The first-order valence-electron chi connectivity index (χ1n) is 9.25. The van der Waals surface area contributed by atoms with Crippen molar-refractivity contribution < 1.29 is 0 Å². The van der Waals surface area contributed by atoms with Gasteiger partial charge in [0.15, 0.2) is 0 Å². The SMILES string of the molecule is C=C/C(=C\N(C)C=C)c1cccc(-c2ccc(/C(C=NC)=C/C(=C)C)c(N)n2)c1. The third kappa shape index (κ3) is 5.66. The maximum absolute atomic E-state index is 6.28. The minimum Gasteiger partial charge on any atom is -0.383 e. The van der Waals surface area contributed by atoms with Crippen LogP contribution in [0.4, 0.5) is 5.82 Å². The molecule has 0 aliphatic carbocycles. The van der Waals surface area contributed by atoms with E-state index in [0.29, 0.717) is 5.82 Å². The Labute approximate surface area is 173 Å². The first-order valence-corrected chi connectivity index (χ1v) is 9.25. The molecule has 0 aliphatic heterocycles. The van der Waals surface area contributed by atoms with E-state index in [0.717, 1.165) is 39.1 Å². The fraction of sp³-hybridized carbons (Fsp3) is 0.120. The molecule has 0 spiro atoms. The summed E-state index contributed by atoms with van der Waals surface area (Å²) >= 11 is 0. The number of allylic oxidation sites excluding steroid dienone is 5. The first-order chi connectivity index (χ1) is 13.9. The summed E-state index contributed by atoms with van der Waals surface area (Å²) < 4.78 is 0. The van der Waals surface area contributed by atoms with E-state index < -0.39 is 0 Å². The highest BCUT2D eigenvalue weighted by Crippen LogP contribution is 2.27. The van der Waals surface area contributed by atoms with Crippen molar-refractivity contribution in [3.05, 3.63) is 97.4 Å². The average molecular weight is 385 g/mol. The summed E-state index contributed by atoms with van der Waals surface area (Å²) in [6, 6.07) is 12.1. The van der Waals surface area contributed by atoms with Crippen molar-refractivity contribution in [2.75, 3.05) is 19.8 Å². The molecule has 1 heterocycles. The van der Waals surface area contributed by atoms with Gasteiger partial charge in [-0.15, -0.1) is 0 Å². The number of rotatable bonds is 8. The van der Waals surface area contributed by atoms with Crippen molar-refractivity contribution >= 4 is 23.2 Å². The van der Waals surface area contributed by atoms with Gasteiger partial charge in [-0.3, -0.25) is 4.99 Å². The van der Waals surface area contributed by atoms with Gasteiger partial charge in [0.25, 0.3) is 0 Å². The molecule has 0 amide bonds. The van der Waals surface area contributed by atoms with Crippen molar-refractivity contribution in [2.24, 2.45) is 4.99 Å². The highest BCUT2D eigenvalue weighted by atomic mass is 15.0. The number of hydrogen-bond acceptors (Lipinski definition) is 4. The van der Waals surface area contributed by atoms with Crippen molar-refractivity contribution in [3.8, 4) is 11.3 Å². The number of aliphatic imine (C=N–C) groups is 1. The van der Waals surface area contributed by atoms with Gasteiger partial charge in [-0.2, -0.15) is 0 Å². The second kappa shape index (κ2) is 10.0. The lowest BCUT2D eigenvalue weighted by molar-refractivity contribution is 0.631. The van der Waals surface area contributed by atoms with Gasteiger partial charge in [-0.25, -0.2) is 4.98 Å². The summed E-state index contributed by atoms with van der Waals surface area (Å²) in [5, 5.41) is 0. The van der Waals surface area contributed by atoms with E-state index in [2.05, 4.69) is 35.8 Å². The standard InChI is InChI=1S/C25H28N4/c1-7-19(17-29(6)8-2)20-10-9-11-21(15-20)24-13-12-23(25(26)28-24)22(16-27-5)14-18(3)4/h7-17H,1-3H2,4-6H3,(H2,26,28)/b19-17+,22-14+,27-16?. The van der Waals surface area contributed by atoms with Crippen LogP contribution >= 0.6 is 0 Å². The summed E-state index contributed by atoms with van der Waals surface area (Å²) in [5.74, 6) is 0.450. The number of benzene rings is 1.